The molecule has 8 heteroatoms. The number of amides is 2. The molecule has 1 unspecified atom stereocenters. The van der Waals surface area contributed by atoms with E-state index in [1.54, 1.807) is 0 Å². The number of nitrogens with zero attached hydrogens (tertiary/aromatic N) is 2. The number of hydrogen-bond donors (Lipinski definition) is 2. The molecule has 2 aromatic carbocycles. The minimum Gasteiger partial charge on any atom is -0.344 e. The molecule has 1 aliphatic rings. The number of rotatable bonds is 7. The summed E-state index contributed by atoms with van der Waals surface area (Å²) in [5.74, 6) is -0.330. The van der Waals surface area contributed by atoms with Crippen molar-refractivity contribution in [3.8, 4) is 10.6 Å². The highest BCUT2D eigenvalue weighted by Gasteiger charge is 2.28. The van der Waals surface area contributed by atoms with Gasteiger partial charge in [-0.05, 0) is 30.5 Å². The van der Waals surface area contributed by atoms with E-state index in [0.717, 1.165) is 41.3 Å². The summed E-state index contributed by atoms with van der Waals surface area (Å²) in [5, 5.41) is 15.2. The number of aromatic nitrogens is 2. The Labute approximate surface area is 193 Å². The molecule has 1 atom stereocenters. The summed E-state index contributed by atoms with van der Waals surface area (Å²) < 4.78 is 0.948. The Morgan fingerprint density at radius 2 is 1.84 bits per heavy atom. The van der Waals surface area contributed by atoms with Gasteiger partial charge >= 0.3 is 0 Å². The molecule has 1 fully saturated rings. The number of nitrogens with one attached hydrogen (secondary N) is 2. The maximum absolute atomic E-state index is 13.1. The minimum absolute atomic E-state index is 0.00395. The zero-order chi connectivity index (χ0) is 21.6. The Balaban J connectivity index is 1.47. The van der Waals surface area contributed by atoms with Crippen molar-refractivity contribution in [1.82, 2.24) is 15.5 Å². The predicted octanol–water partition coefficient (Wildman–Crippen LogP) is 4.82. The Morgan fingerprint density at radius 3 is 2.58 bits per heavy atom. The smallest absolute Gasteiger partial charge is 0.249 e. The number of hydrogen-bond acceptors (Lipinski definition) is 5. The third-order valence-corrected chi connectivity index (χ3v) is 6.75. The summed E-state index contributed by atoms with van der Waals surface area (Å²) in [5.41, 5.74) is 1.91. The van der Waals surface area contributed by atoms with Gasteiger partial charge in [0.2, 0.25) is 16.9 Å². The first-order valence-electron chi connectivity index (χ1n) is 10.3. The molecule has 4 rings (SSSR count). The van der Waals surface area contributed by atoms with Crippen molar-refractivity contribution in [2.75, 3.05) is 5.32 Å². The van der Waals surface area contributed by atoms with E-state index in [9.17, 15) is 9.59 Å². The van der Waals surface area contributed by atoms with Crippen LogP contribution in [0.25, 0.3) is 10.6 Å². The van der Waals surface area contributed by atoms with E-state index in [4.69, 9.17) is 0 Å². The summed E-state index contributed by atoms with van der Waals surface area (Å²) >= 11 is 4.76. The molecule has 0 radical (unpaired) electrons. The highest BCUT2D eigenvalue weighted by Crippen LogP contribution is 2.28. The Bertz CT molecular complexity index is 1050. The molecule has 3 aromatic rings. The van der Waals surface area contributed by atoms with Gasteiger partial charge in [0.1, 0.15) is 11.0 Å². The number of carbonyl (C=O) groups is 2. The number of benzene rings is 2. The average molecular weight is 499 g/mol. The lowest BCUT2D eigenvalue weighted by atomic mass is 10.0. The van der Waals surface area contributed by atoms with Gasteiger partial charge in [-0.2, -0.15) is 0 Å². The van der Waals surface area contributed by atoms with Gasteiger partial charge in [-0.3, -0.25) is 14.9 Å². The first-order chi connectivity index (χ1) is 15.1. The van der Waals surface area contributed by atoms with Crippen LogP contribution in [0.3, 0.4) is 0 Å². The molecule has 1 heterocycles. The molecule has 1 aliphatic carbocycles. The van der Waals surface area contributed by atoms with Crippen LogP contribution in [0, 0.1) is 5.92 Å². The van der Waals surface area contributed by atoms with Crippen LogP contribution in [-0.2, 0) is 16.0 Å². The van der Waals surface area contributed by atoms with E-state index in [-0.39, 0.29) is 17.7 Å². The number of halogens is 1. The monoisotopic (exact) mass is 498 g/mol. The quantitative estimate of drug-likeness (QED) is 0.488. The van der Waals surface area contributed by atoms with Crippen LogP contribution in [0.2, 0.25) is 0 Å². The van der Waals surface area contributed by atoms with Gasteiger partial charge in [0.25, 0.3) is 0 Å². The molecular formula is C23H23BrN4O2S. The standard InChI is InChI=1S/C23H23BrN4O2S/c24-18-12-6-11-17(14-18)22-27-28-23(31-22)26-21(30)19(13-15-7-2-1-3-8-15)25-20(29)16-9-4-5-10-16/h1-3,6-8,11-12,14,16,19H,4-5,9-10,13H2,(H,25,29)(H,26,28,30). The molecule has 1 aromatic heterocycles. The van der Waals surface area contributed by atoms with Crippen molar-refractivity contribution in [2.24, 2.45) is 5.92 Å². The fourth-order valence-corrected chi connectivity index (χ4v) is 4.88. The van der Waals surface area contributed by atoms with Crippen molar-refractivity contribution in [3.05, 3.63) is 64.6 Å². The van der Waals surface area contributed by atoms with E-state index in [1.807, 2.05) is 54.6 Å². The summed E-state index contributed by atoms with van der Waals surface area (Å²) in [6.45, 7) is 0. The second-order valence-corrected chi connectivity index (χ2v) is 9.54. The normalized spacial score (nSPS) is 14.9. The van der Waals surface area contributed by atoms with Gasteiger partial charge in [0.15, 0.2) is 0 Å². The van der Waals surface area contributed by atoms with Crippen molar-refractivity contribution in [2.45, 2.75) is 38.1 Å². The second-order valence-electron chi connectivity index (χ2n) is 7.64. The Kier molecular flexibility index (Phi) is 7.09. The maximum atomic E-state index is 13.1. The summed E-state index contributed by atoms with van der Waals surface area (Å²) in [7, 11) is 0. The van der Waals surface area contributed by atoms with Crippen LogP contribution >= 0.6 is 27.3 Å². The topological polar surface area (TPSA) is 84.0 Å². The summed E-state index contributed by atoms with van der Waals surface area (Å²) in [6, 6.07) is 16.8. The van der Waals surface area contributed by atoms with Gasteiger partial charge in [-0.1, -0.05) is 82.6 Å². The van der Waals surface area contributed by atoms with E-state index < -0.39 is 6.04 Å². The average Bonchev–Trinajstić information content (AvgIpc) is 3.46. The van der Waals surface area contributed by atoms with E-state index >= 15 is 0 Å². The fourth-order valence-electron chi connectivity index (χ4n) is 3.74. The molecule has 0 aliphatic heterocycles. The molecule has 31 heavy (non-hydrogen) atoms. The molecular weight excluding hydrogens is 476 g/mol. The van der Waals surface area contributed by atoms with Gasteiger partial charge in [-0.15, -0.1) is 10.2 Å². The van der Waals surface area contributed by atoms with E-state index in [0.29, 0.717) is 16.6 Å². The van der Waals surface area contributed by atoms with Crippen molar-refractivity contribution < 1.29 is 9.59 Å². The van der Waals surface area contributed by atoms with Gasteiger partial charge in [0.05, 0.1) is 0 Å². The van der Waals surface area contributed by atoms with Gasteiger partial charge in [-0.25, -0.2) is 0 Å². The highest BCUT2D eigenvalue weighted by atomic mass is 79.9. The lowest BCUT2D eigenvalue weighted by Crippen LogP contribution is -2.47. The van der Waals surface area contributed by atoms with E-state index in [1.165, 1.54) is 11.3 Å². The molecule has 0 saturated heterocycles. The fraction of sp³-hybridized carbons (Fsp3) is 0.304. The molecule has 6 nitrogen and oxygen atoms in total. The summed E-state index contributed by atoms with van der Waals surface area (Å²) in [4.78, 5) is 25.8. The van der Waals surface area contributed by atoms with Crippen molar-refractivity contribution >= 4 is 44.2 Å². The molecule has 0 spiro atoms. The molecule has 2 amide bonds. The van der Waals surface area contributed by atoms with Crippen LogP contribution in [-0.4, -0.2) is 28.1 Å². The maximum Gasteiger partial charge on any atom is 0.249 e. The van der Waals surface area contributed by atoms with Crippen LogP contribution in [0.5, 0.6) is 0 Å². The van der Waals surface area contributed by atoms with Crippen LogP contribution < -0.4 is 10.6 Å². The van der Waals surface area contributed by atoms with Crippen LogP contribution in [0.15, 0.2) is 59.1 Å². The zero-order valence-electron chi connectivity index (χ0n) is 16.9. The van der Waals surface area contributed by atoms with Crippen LogP contribution in [0.1, 0.15) is 31.2 Å². The molecule has 0 bridgehead atoms. The first-order valence-corrected chi connectivity index (χ1v) is 11.9. The second kappa shape index (κ2) is 10.2. The predicted molar refractivity (Wildman–Crippen MR) is 126 cm³/mol. The lowest BCUT2D eigenvalue weighted by Gasteiger charge is -2.20. The SMILES string of the molecule is O=C(NC(Cc1ccccc1)C(=O)Nc1nnc(-c2cccc(Br)c2)s1)C1CCCC1. The number of anilines is 1. The van der Waals surface area contributed by atoms with Gasteiger partial charge < -0.3 is 5.32 Å². The molecule has 2 N–H and O–H groups in total. The van der Waals surface area contributed by atoms with Gasteiger partial charge in [0, 0.05) is 22.4 Å². The van der Waals surface area contributed by atoms with Crippen molar-refractivity contribution in [3.63, 3.8) is 0 Å². The number of carbonyl (C=O) groups excluding carboxylic acids is 2. The summed E-state index contributed by atoms with van der Waals surface area (Å²) in [6.07, 6.45) is 4.33. The minimum atomic E-state index is -0.672. The Hall–Kier alpha value is -2.58. The Morgan fingerprint density at radius 1 is 1.06 bits per heavy atom. The highest BCUT2D eigenvalue weighted by molar-refractivity contribution is 9.10. The molecule has 1 saturated carbocycles. The third-order valence-electron chi connectivity index (χ3n) is 5.37. The third kappa shape index (κ3) is 5.77. The van der Waals surface area contributed by atoms with Crippen LogP contribution in [0.4, 0.5) is 5.13 Å². The molecule has 160 valence electrons. The van der Waals surface area contributed by atoms with Crippen molar-refractivity contribution in [1.29, 1.82) is 0 Å². The lowest BCUT2D eigenvalue weighted by molar-refractivity contribution is -0.129. The zero-order valence-corrected chi connectivity index (χ0v) is 19.3. The largest absolute Gasteiger partial charge is 0.344 e. The first kappa shape index (κ1) is 21.6. The van der Waals surface area contributed by atoms with E-state index in [2.05, 4.69) is 36.8 Å².